The van der Waals surface area contributed by atoms with Gasteiger partial charge < -0.3 is 19.6 Å². The fraction of sp³-hybridized carbons (Fsp3) is 0.0800. The number of rotatable bonds is 7. The lowest BCUT2D eigenvalue weighted by molar-refractivity contribution is 0.0696. The highest BCUT2D eigenvalue weighted by molar-refractivity contribution is 6.32. The summed E-state index contributed by atoms with van der Waals surface area (Å²) >= 11 is 6.38. The van der Waals surface area contributed by atoms with Gasteiger partial charge >= 0.3 is 5.97 Å². The number of hydrogen-bond donors (Lipinski definition) is 2. The van der Waals surface area contributed by atoms with Gasteiger partial charge in [-0.2, -0.15) is 5.26 Å². The number of hydrogen-bond acceptors (Lipinski definition) is 5. The quantitative estimate of drug-likeness (QED) is 0.350. The van der Waals surface area contributed by atoms with Crippen LogP contribution >= 0.6 is 11.6 Å². The van der Waals surface area contributed by atoms with E-state index in [1.54, 1.807) is 55.7 Å². The summed E-state index contributed by atoms with van der Waals surface area (Å²) < 4.78 is 11.0. The topological polar surface area (TPSA) is 108 Å². The van der Waals surface area contributed by atoms with Gasteiger partial charge in [0.1, 0.15) is 30.0 Å². The SMILES string of the molecule is COc1ccc2nc(/C(C#N)=C\c3ccc(OCc4cccc(C(=O)O)c4)c(Cl)c3)[nH]c2c1. The molecule has 0 amide bonds. The molecule has 0 atom stereocenters. The Morgan fingerprint density at radius 3 is 2.79 bits per heavy atom. The first-order valence-corrected chi connectivity index (χ1v) is 10.2. The molecule has 164 valence electrons. The molecule has 1 aromatic heterocycles. The van der Waals surface area contributed by atoms with Gasteiger partial charge in [-0.05, 0) is 53.6 Å². The third kappa shape index (κ3) is 4.97. The summed E-state index contributed by atoms with van der Waals surface area (Å²) in [4.78, 5) is 18.7. The Morgan fingerprint density at radius 2 is 2.06 bits per heavy atom. The molecule has 33 heavy (non-hydrogen) atoms. The first kappa shape index (κ1) is 21.9. The van der Waals surface area contributed by atoms with Crippen LogP contribution in [0, 0.1) is 11.3 Å². The van der Waals surface area contributed by atoms with Crippen LogP contribution in [-0.4, -0.2) is 28.2 Å². The van der Waals surface area contributed by atoms with Crippen molar-refractivity contribution < 1.29 is 19.4 Å². The highest BCUT2D eigenvalue weighted by Crippen LogP contribution is 2.29. The minimum absolute atomic E-state index is 0.169. The van der Waals surface area contributed by atoms with E-state index in [0.29, 0.717) is 39.0 Å². The summed E-state index contributed by atoms with van der Waals surface area (Å²) in [6.07, 6.45) is 1.68. The van der Waals surface area contributed by atoms with Gasteiger partial charge in [0.15, 0.2) is 0 Å². The number of methoxy groups -OCH3 is 1. The van der Waals surface area contributed by atoms with Crippen LogP contribution in [0.3, 0.4) is 0 Å². The van der Waals surface area contributed by atoms with Crippen LogP contribution in [0.1, 0.15) is 27.3 Å². The number of nitrogens with zero attached hydrogens (tertiary/aromatic N) is 2. The van der Waals surface area contributed by atoms with E-state index in [0.717, 1.165) is 11.0 Å². The maximum atomic E-state index is 11.1. The summed E-state index contributed by atoms with van der Waals surface area (Å²) in [5, 5.41) is 19.1. The normalized spacial score (nSPS) is 11.2. The van der Waals surface area contributed by atoms with E-state index in [1.807, 2.05) is 12.1 Å². The summed E-state index contributed by atoms with van der Waals surface area (Å²) in [5.74, 6) is 0.583. The Bertz CT molecular complexity index is 1420. The number of ether oxygens (including phenoxy) is 2. The Morgan fingerprint density at radius 1 is 1.21 bits per heavy atom. The second kappa shape index (κ2) is 9.47. The van der Waals surface area contributed by atoms with E-state index in [4.69, 9.17) is 26.2 Å². The summed E-state index contributed by atoms with van der Waals surface area (Å²) in [6, 6.07) is 19.3. The minimum Gasteiger partial charge on any atom is -0.497 e. The van der Waals surface area contributed by atoms with Crippen molar-refractivity contribution in [3.8, 4) is 17.6 Å². The van der Waals surface area contributed by atoms with Crippen molar-refractivity contribution in [3.63, 3.8) is 0 Å². The number of carbonyl (C=O) groups is 1. The molecule has 0 aliphatic rings. The summed E-state index contributed by atoms with van der Waals surface area (Å²) in [5.41, 5.74) is 3.44. The van der Waals surface area contributed by atoms with Crippen LogP contribution in [0.15, 0.2) is 60.7 Å². The van der Waals surface area contributed by atoms with Gasteiger partial charge in [-0.1, -0.05) is 29.8 Å². The van der Waals surface area contributed by atoms with Crippen molar-refractivity contribution in [1.82, 2.24) is 9.97 Å². The van der Waals surface area contributed by atoms with E-state index < -0.39 is 5.97 Å². The lowest BCUT2D eigenvalue weighted by atomic mass is 10.1. The van der Waals surface area contributed by atoms with E-state index in [9.17, 15) is 10.1 Å². The van der Waals surface area contributed by atoms with Crippen molar-refractivity contribution in [1.29, 1.82) is 5.26 Å². The molecule has 0 aliphatic carbocycles. The Balaban J connectivity index is 1.53. The number of allylic oxidation sites excluding steroid dienone is 1. The largest absolute Gasteiger partial charge is 0.497 e. The van der Waals surface area contributed by atoms with Crippen LogP contribution < -0.4 is 9.47 Å². The fourth-order valence-corrected chi connectivity index (χ4v) is 3.49. The number of nitriles is 1. The Labute approximate surface area is 194 Å². The van der Waals surface area contributed by atoms with E-state index >= 15 is 0 Å². The third-order valence-electron chi connectivity index (χ3n) is 4.90. The molecule has 0 radical (unpaired) electrons. The Hall–Kier alpha value is -4.28. The summed E-state index contributed by atoms with van der Waals surface area (Å²) in [6.45, 7) is 0.169. The van der Waals surface area contributed by atoms with Crippen LogP contribution in [0.25, 0.3) is 22.7 Å². The van der Waals surface area contributed by atoms with Crippen molar-refractivity contribution in [2.75, 3.05) is 7.11 Å². The number of benzene rings is 3. The molecule has 0 spiro atoms. The van der Waals surface area contributed by atoms with Crippen molar-refractivity contribution in [3.05, 3.63) is 88.2 Å². The zero-order valence-electron chi connectivity index (χ0n) is 17.5. The second-order valence-corrected chi connectivity index (χ2v) is 7.53. The number of aromatic carboxylic acids is 1. The van der Waals surface area contributed by atoms with Crippen molar-refractivity contribution >= 4 is 40.3 Å². The van der Waals surface area contributed by atoms with E-state index in [-0.39, 0.29) is 12.2 Å². The molecule has 4 rings (SSSR count). The molecule has 0 fully saturated rings. The predicted octanol–water partition coefficient (Wildman–Crippen LogP) is 5.57. The van der Waals surface area contributed by atoms with Gasteiger partial charge in [-0.3, -0.25) is 0 Å². The molecule has 4 aromatic rings. The molecule has 2 N–H and O–H groups in total. The number of aromatic nitrogens is 2. The molecule has 0 aliphatic heterocycles. The van der Waals surface area contributed by atoms with Gasteiger partial charge in [0.05, 0.1) is 34.3 Å². The maximum absolute atomic E-state index is 11.1. The molecule has 0 saturated carbocycles. The lowest BCUT2D eigenvalue weighted by Gasteiger charge is -2.09. The second-order valence-electron chi connectivity index (χ2n) is 7.12. The number of H-pyrrole nitrogens is 1. The molecule has 0 unspecified atom stereocenters. The number of nitrogens with one attached hydrogen (secondary N) is 1. The van der Waals surface area contributed by atoms with Gasteiger partial charge in [0.25, 0.3) is 0 Å². The average Bonchev–Trinajstić information content (AvgIpc) is 3.25. The molecular weight excluding hydrogens is 442 g/mol. The molecule has 0 bridgehead atoms. The molecule has 3 aromatic carbocycles. The zero-order valence-corrected chi connectivity index (χ0v) is 18.3. The fourth-order valence-electron chi connectivity index (χ4n) is 3.24. The molecule has 1 heterocycles. The number of imidazole rings is 1. The minimum atomic E-state index is -0.997. The van der Waals surface area contributed by atoms with Gasteiger partial charge in [-0.15, -0.1) is 0 Å². The van der Waals surface area contributed by atoms with Crippen LogP contribution in [0.5, 0.6) is 11.5 Å². The third-order valence-corrected chi connectivity index (χ3v) is 5.20. The molecule has 8 heteroatoms. The summed E-state index contributed by atoms with van der Waals surface area (Å²) in [7, 11) is 1.59. The lowest BCUT2D eigenvalue weighted by Crippen LogP contribution is -2.00. The highest BCUT2D eigenvalue weighted by Gasteiger charge is 2.10. The maximum Gasteiger partial charge on any atom is 0.335 e. The van der Waals surface area contributed by atoms with Crippen LogP contribution in [-0.2, 0) is 6.61 Å². The van der Waals surface area contributed by atoms with Crippen molar-refractivity contribution in [2.24, 2.45) is 0 Å². The average molecular weight is 460 g/mol. The van der Waals surface area contributed by atoms with Gasteiger partial charge in [-0.25, -0.2) is 9.78 Å². The first-order chi connectivity index (χ1) is 16.0. The molecular formula is C25H18ClN3O4. The highest BCUT2D eigenvalue weighted by atomic mass is 35.5. The smallest absolute Gasteiger partial charge is 0.335 e. The van der Waals surface area contributed by atoms with Crippen LogP contribution in [0.4, 0.5) is 0 Å². The number of halogens is 1. The Kier molecular flexibility index (Phi) is 6.29. The standard InChI is InChI=1S/C25H18ClN3O4/c1-32-19-6-7-21-22(12-19)29-24(28-21)18(13-27)9-15-5-8-23(20(26)11-15)33-14-16-3-2-4-17(10-16)25(30)31/h2-12H,14H2,1H3,(H,28,29)(H,30,31)/b18-9-. The predicted molar refractivity (Wildman–Crippen MR) is 125 cm³/mol. The van der Waals surface area contributed by atoms with Gasteiger partial charge in [0.2, 0.25) is 0 Å². The molecule has 0 saturated heterocycles. The van der Waals surface area contributed by atoms with Gasteiger partial charge in [0, 0.05) is 6.07 Å². The monoisotopic (exact) mass is 459 g/mol. The number of carboxylic acid groups (broad SMARTS) is 1. The molecule has 7 nitrogen and oxygen atoms in total. The number of aromatic amines is 1. The number of fused-ring (bicyclic) bond motifs is 1. The van der Waals surface area contributed by atoms with E-state index in [1.165, 1.54) is 6.07 Å². The first-order valence-electron chi connectivity index (χ1n) is 9.87. The number of carboxylic acids is 1. The van der Waals surface area contributed by atoms with Crippen LogP contribution in [0.2, 0.25) is 5.02 Å². The zero-order chi connectivity index (χ0) is 23.4. The van der Waals surface area contributed by atoms with E-state index in [2.05, 4.69) is 16.0 Å². The van der Waals surface area contributed by atoms with Crippen molar-refractivity contribution in [2.45, 2.75) is 6.61 Å².